The Balaban J connectivity index is 1.69. The first-order valence-electron chi connectivity index (χ1n) is 8.63. The van der Waals surface area contributed by atoms with Gasteiger partial charge >= 0.3 is 5.76 Å². The smallest absolute Gasteiger partial charge is 0.419 e. The number of nitrogens with one attached hydrogen (secondary N) is 1. The summed E-state index contributed by atoms with van der Waals surface area (Å²) in [6.45, 7) is 2.11. The van der Waals surface area contributed by atoms with Crippen molar-refractivity contribution in [3.63, 3.8) is 0 Å². The zero-order chi connectivity index (χ0) is 19.4. The van der Waals surface area contributed by atoms with Crippen molar-refractivity contribution in [2.24, 2.45) is 0 Å². The Hall–Kier alpha value is -3.22. The lowest BCUT2D eigenvalue weighted by atomic mass is 10.1. The molecular weight excluding hydrogens is 348 g/mol. The molecule has 0 aliphatic rings. The maximum absolute atomic E-state index is 12.4. The summed E-state index contributed by atoms with van der Waals surface area (Å²) in [5.41, 5.74) is 2.01. The minimum absolute atomic E-state index is 0.153. The standard InChI is InChI=1S/C20H22N2O5/c1-13(15-12-14(25-2)8-9-17(15)26-3)21-19(23)10-11-22-16-6-4-5-7-18(16)27-20(22)24/h4-9,12-13H,10-11H2,1-3H3,(H,21,23)/t13-/m0/s1. The summed E-state index contributed by atoms with van der Waals surface area (Å²) < 4.78 is 17.3. The average Bonchev–Trinajstić information content (AvgIpc) is 3.00. The van der Waals surface area contributed by atoms with Gasteiger partial charge in [-0.3, -0.25) is 9.36 Å². The van der Waals surface area contributed by atoms with Crippen LogP contribution in [-0.2, 0) is 11.3 Å². The normalized spacial score (nSPS) is 12.0. The topological polar surface area (TPSA) is 82.7 Å². The van der Waals surface area contributed by atoms with Crippen LogP contribution < -0.4 is 20.5 Å². The van der Waals surface area contributed by atoms with Crippen molar-refractivity contribution in [3.8, 4) is 11.5 Å². The summed E-state index contributed by atoms with van der Waals surface area (Å²) >= 11 is 0. The van der Waals surface area contributed by atoms with Gasteiger partial charge in [0.1, 0.15) is 11.5 Å². The van der Waals surface area contributed by atoms with Crippen LogP contribution in [0.2, 0.25) is 0 Å². The van der Waals surface area contributed by atoms with E-state index in [1.165, 1.54) is 4.57 Å². The van der Waals surface area contributed by atoms with E-state index in [4.69, 9.17) is 13.9 Å². The summed E-state index contributed by atoms with van der Waals surface area (Å²) in [5.74, 6) is 0.708. The lowest BCUT2D eigenvalue weighted by Crippen LogP contribution is -2.28. The van der Waals surface area contributed by atoms with Gasteiger partial charge in [0.05, 0.1) is 25.8 Å². The Kier molecular flexibility index (Phi) is 5.49. The molecule has 0 saturated heterocycles. The number of rotatable bonds is 7. The molecule has 3 rings (SSSR count). The molecule has 0 bridgehead atoms. The lowest BCUT2D eigenvalue weighted by molar-refractivity contribution is -0.121. The molecule has 1 N–H and O–H groups in total. The maximum Gasteiger partial charge on any atom is 0.419 e. The monoisotopic (exact) mass is 370 g/mol. The highest BCUT2D eigenvalue weighted by molar-refractivity contribution is 5.77. The van der Waals surface area contributed by atoms with Gasteiger partial charge in [0, 0.05) is 18.5 Å². The van der Waals surface area contributed by atoms with Gasteiger partial charge in [0.25, 0.3) is 0 Å². The second-order valence-electron chi connectivity index (χ2n) is 6.13. The number of amides is 1. The van der Waals surface area contributed by atoms with Crippen LogP contribution in [-0.4, -0.2) is 24.7 Å². The SMILES string of the molecule is COc1ccc(OC)c([C@H](C)NC(=O)CCn2c(=O)oc3ccccc32)c1. The molecule has 0 unspecified atom stereocenters. The number of carbonyl (C=O) groups is 1. The zero-order valence-corrected chi connectivity index (χ0v) is 15.5. The first kappa shape index (κ1) is 18.6. The van der Waals surface area contributed by atoms with Crippen LogP contribution in [0.15, 0.2) is 51.7 Å². The van der Waals surface area contributed by atoms with Crippen LogP contribution in [0.3, 0.4) is 0 Å². The number of oxazole rings is 1. The van der Waals surface area contributed by atoms with Crippen molar-refractivity contribution in [2.75, 3.05) is 14.2 Å². The third kappa shape index (κ3) is 3.97. The first-order valence-corrected chi connectivity index (χ1v) is 8.63. The number of hydrogen-bond donors (Lipinski definition) is 1. The Bertz CT molecular complexity index is 1010. The van der Waals surface area contributed by atoms with Crippen molar-refractivity contribution in [2.45, 2.75) is 25.9 Å². The number of hydrogen-bond acceptors (Lipinski definition) is 5. The fraction of sp³-hybridized carbons (Fsp3) is 0.300. The highest BCUT2D eigenvalue weighted by Gasteiger charge is 2.16. The van der Waals surface area contributed by atoms with Gasteiger partial charge in [0.15, 0.2) is 5.58 Å². The lowest BCUT2D eigenvalue weighted by Gasteiger charge is -2.18. The molecule has 0 saturated carbocycles. The number of aromatic nitrogens is 1. The van der Waals surface area contributed by atoms with Gasteiger partial charge in [-0.2, -0.15) is 0 Å². The highest BCUT2D eigenvalue weighted by atomic mass is 16.5. The van der Waals surface area contributed by atoms with Crippen molar-refractivity contribution in [1.29, 1.82) is 0 Å². The van der Waals surface area contributed by atoms with Crippen molar-refractivity contribution in [3.05, 3.63) is 58.6 Å². The van der Waals surface area contributed by atoms with Gasteiger partial charge in [-0.05, 0) is 37.3 Å². The summed E-state index contributed by atoms with van der Waals surface area (Å²) in [5, 5.41) is 2.93. The van der Waals surface area contributed by atoms with Crippen LogP contribution in [0, 0.1) is 0 Å². The third-order valence-corrected chi connectivity index (χ3v) is 4.42. The van der Waals surface area contributed by atoms with Gasteiger partial charge in [0.2, 0.25) is 5.91 Å². The number of nitrogens with zero attached hydrogens (tertiary/aromatic N) is 1. The van der Waals surface area contributed by atoms with E-state index in [-0.39, 0.29) is 24.9 Å². The molecule has 7 heteroatoms. The van der Waals surface area contributed by atoms with Crippen LogP contribution in [0.4, 0.5) is 0 Å². The highest BCUT2D eigenvalue weighted by Crippen LogP contribution is 2.29. The molecule has 2 aromatic carbocycles. The predicted molar refractivity (Wildman–Crippen MR) is 101 cm³/mol. The molecule has 0 aliphatic carbocycles. The largest absolute Gasteiger partial charge is 0.497 e. The van der Waals surface area contributed by atoms with Crippen LogP contribution in [0.5, 0.6) is 11.5 Å². The molecule has 1 amide bonds. The minimum Gasteiger partial charge on any atom is -0.497 e. The summed E-state index contributed by atoms with van der Waals surface area (Å²) in [6, 6.07) is 12.3. The van der Waals surface area contributed by atoms with E-state index in [1.54, 1.807) is 44.6 Å². The van der Waals surface area contributed by atoms with Crippen molar-refractivity contribution in [1.82, 2.24) is 9.88 Å². The minimum atomic E-state index is -0.466. The quantitative estimate of drug-likeness (QED) is 0.691. The predicted octanol–water partition coefficient (Wildman–Crippen LogP) is 2.88. The molecule has 0 fully saturated rings. The second kappa shape index (κ2) is 7.99. The Morgan fingerprint density at radius 1 is 1.19 bits per heavy atom. The molecule has 0 radical (unpaired) electrons. The molecule has 3 aromatic rings. The Morgan fingerprint density at radius 2 is 1.96 bits per heavy atom. The third-order valence-electron chi connectivity index (χ3n) is 4.42. The molecular formula is C20H22N2O5. The average molecular weight is 370 g/mol. The van der Waals surface area contributed by atoms with Crippen LogP contribution in [0.25, 0.3) is 11.1 Å². The van der Waals surface area contributed by atoms with Crippen LogP contribution >= 0.6 is 0 Å². The summed E-state index contributed by atoms with van der Waals surface area (Å²) in [4.78, 5) is 24.4. The number of aryl methyl sites for hydroxylation is 1. The molecule has 7 nitrogen and oxygen atoms in total. The Morgan fingerprint density at radius 3 is 2.70 bits per heavy atom. The van der Waals surface area contributed by atoms with E-state index in [9.17, 15) is 9.59 Å². The van der Waals surface area contributed by atoms with Crippen molar-refractivity contribution >= 4 is 17.0 Å². The number of fused-ring (bicyclic) bond motifs is 1. The number of para-hydroxylation sites is 2. The van der Waals surface area contributed by atoms with E-state index in [1.807, 2.05) is 19.1 Å². The number of carbonyl (C=O) groups excluding carboxylic acids is 1. The van der Waals surface area contributed by atoms with E-state index < -0.39 is 5.76 Å². The van der Waals surface area contributed by atoms with E-state index >= 15 is 0 Å². The molecule has 142 valence electrons. The van der Waals surface area contributed by atoms with Gasteiger partial charge in [-0.1, -0.05) is 12.1 Å². The Labute approximate surface area is 156 Å². The second-order valence-corrected chi connectivity index (χ2v) is 6.13. The van der Waals surface area contributed by atoms with E-state index in [0.717, 1.165) is 5.56 Å². The molecule has 27 heavy (non-hydrogen) atoms. The zero-order valence-electron chi connectivity index (χ0n) is 15.5. The number of methoxy groups -OCH3 is 2. The first-order chi connectivity index (χ1) is 13.0. The molecule has 1 atom stereocenters. The molecule has 0 spiro atoms. The summed E-state index contributed by atoms with van der Waals surface area (Å²) in [6.07, 6.45) is 0.153. The maximum atomic E-state index is 12.4. The number of ether oxygens (including phenoxy) is 2. The molecule has 0 aliphatic heterocycles. The van der Waals surface area contributed by atoms with Crippen LogP contribution in [0.1, 0.15) is 24.9 Å². The van der Waals surface area contributed by atoms with E-state index in [2.05, 4.69) is 5.32 Å². The van der Waals surface area contributed by atoms with E-state index in [0.29, 0.717) is 22.6 Å². The van der Waals surface area contributed by atoms with Gasteiger partial charge in [-0.25, -0.2) is 4.79 Å². The summed E-state index contributed by atoms with van der Waals surface area (Å²) in [7, 11) is 3.16. The molecule has 1 aromatic heterocycles. The fourth-order valence-corrected chi connectivity index (χ4v) is 3.01. The van der Waals surface area contributed by atoms with Gasteiger partial charge < -0.3 is 19.2 Å². The fourth-order valence-electron chi connectivity index (χ4n) is 3.01. The molecule has 1 heterocycles. The van der Waals surface area contributed by atoms with Crippen molar-refractivity contribution < 1.29 is 18.7 Å². The number of benzene rings is 2. The van der Waals surface area contributed by atoms with Gasteiger partial charge in [-0.15, -0.1) is 0 Å².